The van der Waals surface area contributed by atoms with Gasteiger partial charge in [0, 0.05) is 16.6 Å². The highest BCUT2D eigenvalue weighted by Gasteiger charge is 2.35. The molecule has 3 amide bonds. The molecule has 3 unspecified atom stereocenters. The van der Waals surface area contributed by atoms with Crippen LogP contribution in [0.5, 0.6) is 0 Å². The molecule has 0 bridgehead atoms. The number of nitrogens with two attached hydrogens (primary N) is 1. The molecule has 8 nitrogen and oxygen atoms in total. The lowest BCUT2D eigenvalue weighted by Crippen LogP contribution is -2.70. The Labute approximate surface area is 195 Å². The van der Waals surface area contributed by atoms with Crippen molar-refractivity contribution in [1.29, 1.82) is 0 Å². The fourth-order valence-corrected chi connectivity index (χ4v) is 4.39. The van der Waals surface area contributed by atoms with Gasteiger partial charge in [0.25, 0.3) is 5.91 Å². The van der Waals surface area contributed by atoms with E-state index in [4.69, 9.17) is 5.73 Å². The Balaban J connectivity index is 1.30. The number of amides is 3. The summed E-state index contributed by atoms with van der Waals surface area (Å²) in [4.78, 5) is 37.5. The second kappa shape index (κ2) is 10.0. The Bertz CT molecular complexity index is 1180. The van der Waals surface area contributed by atoms with Crippen molar-refractivity contribution in [1.82, 2.24) is 16.0 Å². The van der Waals surface area contributed by atoms with Gasteiger partial charge in [-0.2, -0.15) is 0 Å². The third kappa shape index (κ3) is 5.51. The van der Waals surface area contributed by atoms with Crippen molar-refractivity contribution in [2.45, 2.75) is 24.6 Å². The Morgan fingerprint density at radius 2 is 1.76 bits per heavy atom. The van der Waals surface area contributed by atoms with Crippen LogP contribution in [0.4, 0.5) is 5.69 Å². The first-order chi connectivity index (χ1) is 15.9. The van der Waals surface area contributed by atoms with Crippen molar-refractivity contribution >= 4 is 45.9 Å². The van der Waals surface area contributed by atoms with Crippen molar-refractivity contribution in [3.8, 4) is 0 Å². The van der Waals surface area contributed by atoms with Crippen LogP contribution in [0.1, 0.15) is 15.9 Å². The van der Waals surface area contributed by atoms with Gasteiger partial charge >= 0.3 is 0 Å². The number of aryl methyl sites for hydroxylation is 1. The third-order valence-electron chi connectivity index (χ3n) is 5.30. The molecule has 1 saturated heterocycles. The van der Waals surface area contributed by atoms with E-state index in [1.54, 1.807) is 12.1 Å². The number of fused-ring (bicyclic) bond motifs is 1. The second-order valence-corrected chi connectivity index (χ2v) is 8.88. The maximum absolute atomic E-state index is 12.6. The van der Waals surface area contributed by atoms with E-state index in [1.165, 1.54) is 11.8 Å². The summed E-state index contributed by atoms with van der Waals surface area (Å²) < 4.78 is 0. The summed E-state index contributed by atoms with van der Waals surface area (Å²) in [6, 6.07) is 19.6. The first kappa shape index (κ1) is 22.8. The molecular formula is C24H25N5O3S. The van der Waals surface area contributed by atoms with Crippen LogP contribution in [0.25, 0.3) is 10.8 Å². The molecule has 3 atom stereocenters. The number of anilines is 1. The van der Waals surface area contributed by atoms with Crippen LogP contribution in [0.2, 0.25) is 0 Å². The summed E-state index contributed by atoms with van der Waals surface area (Å²) in [5.41, 5.74) is 7.75. The molecule has 33 heavy (non-hydrogen) atoms. The zero-order valence-electron chi connectivity index (χ0n) is 18.0. The molecular weight excluding hydrogens is 438 g/mol. The summed E-state index contributed by atoms with van der Waals surface area (Å²) in [6.45, 7) is 1.93. The zero-order valence-corrected chi connectivity index (χ0v) is 18.8. The maximum atomic E-state index is 12.6. The van der Waals surface area contributed by atoms with E-state index in [0.29, 0.717) is 5.56 Å². The zero-order chi connectivity index (χ0) is 23.4. The van der Waals surface area contributed by atoms with Crippen LogP contribution < -0.4 is 27.0 Å². The van der Waals surface area contributed by atoms with Gasteiger partial charge < -0.3 is 21.7 Å². The molecule has 3 aromatic carbocycles. The first-order valence-electron chi connectivity index (χ1n) is 10.5. The van der Waals surface area contributed by atoms with Gasteiger partial charge in [0.15, 0.2) is 0 Å². The lowest BCUT2D eigenvalue weighted by atomic mass is 10.1. The van der Waals surface area contributed by atoms with Crippen LogP contribution in [0, 0.1) is 6.92 Å². The van der Waals surface area contributed by atoms with Crippen molar-refractivity contribution in [2.75, 3.05) is 11.1 Å². The molecule has 9 heteroatoms. The van der Waals surface area contributed by atoms with Crippen molar-refractivity contribution in [3.05, 3.63) is 77.9 Å². The van der Waals surface area contributed by atoms with E-state index in [9.17, 15) is 14.4 Å². The number of benzene rings is 3. The number of hydrogen-bond donors (Lipinski definition) is 5. The van der Waals surface area contributed by atoms with E-state index in [0.717, 1.165) is 22.0 Å². The van der Waals surface area contributed by atoms with E-state index in [-0.39, 0.29) is 17.6 Å². The fourth-order valence-electron chi connectivity index (χ4n) is 3.55. The largest absolute Gasteiger partial charge is 0.338 e. The maximum Gasteiger partial charge on any atom is 0.252 e. The molecule has 0 spiro atoms. The Hall–Kier alpha value is -3.40. The van der Waals surface area contributed by atoms with Gasteiger partial charge in [0.2, 0.25) is 11.8 Å². The van der Waals surface area contributed by atoms with Crippen LogP contribution >= 0.6 is 11.8 Å². The summed E-state index contributed by atoms with van der Waals surface area (Å²) in [7, 11) is 0. The Morgan fingerprint density at radius 3 is 2.52 bits per heavy atom. The molecule has 0 saturated carbocycles. The second-order valence-electron chi connectivity index (χ2n) is 7.78. The molecule has 170 valence electrons. The van der Waals surface area contributed by atoms with Crippen molar-refractivity contribution in [3.63, 3.8) is 0 Å². The summed E-state index contributed by atoms with van der Waals surface area (Å²) in [5.74, 6) is -0.883. The number of carbonyl (C=O) groups excluding carboxylic acids is 3. The van der Waals surface area contributed by atoms with E-state index >= 15 is 0 Å². The topological polar surface area (TPSA) is 125 Å². The fraction of sp³-hybridized carbons (Fsp3) is 0.208. The third-order valence-corrected chi connectivity index (χ3v) is 6.32. The standard InChI is InChI=1S/C24H25N5O3S/c1-14-9-11-16(12-10-14)22(31)27-20-21(25)28-24(29-23(20)32)33-13-19(30)26-18-8-4-6-15-5-2-3-7-17(15)18/h2-12,20-21,24,28H,13,25H2,1H3,(H,26,30)(H,27,31)(H,29,32). The van der Waals surface area contributed by atoms with Crippen LogP contribution in [-0.2, 0) is 9.59 Å². The molecule has 1 fully saturated rings. The molecule has 1 aliphatic rings. The minimum absolute atomic E-state index is 0.105. The summed E-state index contributed by atoms with van der Waals surface area (Å²) in [6.07, 6.45) is -0.799. The monoisotopic (exact) mass is 463 g/mol. The molecule has 1 heterocycles. The van der Waals surface area contributed by atoms with Crippen molar-refractivity contribution in [2.24, 2.45) is 5.73 Å². The van der Waals surface area contributed by atoms with Crippen LogP contribution in [0.3, 0.4) is 0 Å². The van der Waals surface area contributed by atoms with Gasteiger partial charge in [-0.25, -0.2) is 0 Å². The highest BCUT2D eigenvalue weighted by molar-refractivity contribution is 8.00. The van der Waals surface area contributed by atoms with Gasteiger partial charge in [0.05, 0.1) is 11.9 Å². The van der Waals surface area contributed by atoms with Gasteiger partial charge in [-0.05, 0) is 30.5 Å². The minimum atomic E-state index is -0.930. The van der Waals surface area contributed by atoms with Gasteiger partial charge in [-0.15, -0.1) is 11.8 Å². The van der Waals surface area contributed by atoms with Crippen molar-refractivity contribution < 1.29 is 14.4 Å². The Kier molecular flexibility index (Phi) is 6.93. The lowest BCUT2D eigenvalue weighted by Gasteiger charge is -2.35. The predicted molar refractivity (Wildman–Crippen MR) is 131 cm³/mol. The van der Waals surface area contributed by atoms with E-state index in [2.05, 4.69) is 21.3 Å². The number of rotatable bonds is 6. The quantitative estimate of drug-likeness (QED) is 0.380. The number of nitrogens with one attached hydrogen (secondary N) is 4. The lowest BCUT2D eigenvalue weighted by molar-refractivity contribution is -0.125. The molecule has 4 rings (SSSR count). The van der Waals surface area contributed by atoms with E-state index in [1.807, 2.05) is 61.5 Å². The number of carbonyl (C=O) groups is 3. The highest BCUT2D eigenvalue weighted by atomic mass is 32.2. The SMILES string of the molecule is Cc1ccc(C(=O)NC2C(=O)NC(SCC(=O)Nc3cccc4ccccc34)NC2N)cc1. The normalized spacial score (nSPS) is 20.2. The number of hydrogen-bond acceptors (Lipinski definition) is 6. The average Bonchev–Trinajstić information content (AvgIpc) is 2.80. The molecule has 0 aliphatic carbocycles. The predicted octanol–water partition coefficient (Wildman–Crippen LogP) is 1.91. The summed E-state index contributed by atoms with van der Waals surface area (Å²) >= 11 is 1.21. The minimum Gasteiger partial charge on any atom is -0.338 e. The molecule has 0 aromatic heterocycles. The first-order valence-corrected chi connectivity index (χ1v) is 11.5. The van der Waals surface area contributed by atoms with Crippen LogP contribution in [-0.4, -0.2) is 41.2 Å². The molecule has 3 aromatic rings. The van der Waals surface area contributed by atoms with Gasteiger partial charge in [0.1, 0.15) is 11.5 Å². The molecule has 1 aliphatic heterocycles. The summed E-state index contributed by atoms with van der Waals surface area (Å²) in [5, 5.41) is 13.3. The molecule has 6 N–H and O–H groups in total. The van der Waals surface area contributed by atoms with Crippen LogP contribution in [0.15, 0.2) is 66.7 Å². The number of thioether (sulfide) groups is 1. The van der Waals surface area contributed by atoms with Gasteiger partial charge in [-0.3, -0.25) is 19.7 Å². The Morgan fingerprint density at radius 1 is 1.03 bits per heavy atom. The molecule has 0 radical (unpaired) electrons. The average molecular weight is 464 g/mol. The van der Waals surface area contributed by atoms with Gasteiger partial charge in [-0.1, -0.05) is 54.1 Å². The smallest absolute Gasteiger partial charge is 0.252 e. The van der Waals surface area contributed by atoms with E-state index < -0.39 is 23.6 Å². The highest BCUT2D eigenvalue weighted by Crippen LogP contribution is 2.23.